The molecule has 0 unspecified atom stereocenters. The summed E-state index contributed by atoms with van der Waals surface area (Å²) in [5, 5.41) is 0. The van der Waals surface area contributed by atoms with Crippen LogP contribution in [0.4, 0.5) is 0 Å². The number of nitrogens with zero attached hydrogens (tertiary/aromatic N) is 2. The van der Waals surface area contributed by atoms with Crippen LogP contribution in [0.5, 0.6) is 0 Å². The lowest BCUT2D eigenvalue weighted by atomic mass is 10.1. The molecule has 0 aliphatic heterocycles. The molecule has 0 saturated heterocycles. The van der Waals surface area contributed by atoms with Gasteiger partial charge in [-0.3, -0.25) is 0 Å². The first kappa shape index (κ1) is 10.9. The van der Waals surface area contributed by atoms with E-state index in [2.05, 4.69) is 23.4 Å². The van der Waals surface area contributed by atoms with E-state index in [1.54, 1.807) is 0 Å². The van der Waals surface area contributed by atoms with Gasteiger partial charge >= 0.3 is 0 Å². The van der Waals surface area contributed by atoms with Crippen molar-refractivity contribution in [2.24, 2.45) is 7.05 Å². The Morgan fingerprint density at radius 1 is 1.44 bits per heavy atom. The smallest absolute Gasteiger partial charge is 0.124 e. The fourth-order valence-electron chi connectivity index (χ4n) is 1.99. The van der Waals surface area contributed by atoms with Crippen molar-refractivity contribution in [1.29, 1.82) is 0 Å². The van der Waals surface area contributed by atoms with Crippen LogP contribution in [0.2, 0.25) is 0 Å². The molecule has 0 fully saturated rings. The third-order valence-corrected chi connectivity index (χ3v) is 2.82. The number of carbonyl (C=O) groups is 1. The highest BCUT2D eigenvalue weighted by Gasteiger charge is 2.10. The SMILES string of the molecule is CC(C)c1nc2ccc(CC=O)cc2n1C. The molecule has 2 rings (SSSR count). The normalized spacial score (nSPS) is 11.2. The Bertz CT molecular complexity index is 526. The molecule has 0 saturated carbocycles. The number of imidazole rings is 1. The van der Waals surface area contributed by atoms with Gasteiger partial charge in [0.15, 0.2) is 0 Å². The van der Waals surface area contributed by atoms with Gasteiger partial charge in [-0.2, -0.15) is 0 Å². The van der Waals surface area contributed by atoms with E-state index in [1.807, 2.05) is 25.2 Å². The standard InChI is InChI=1S/C13H16N2O/c1-9(2)13-14-11-5-4-10(6-7-16)8-12(11)15(13)3/h4-5,7-9H,6H2,1-3H3. The van der Waals surface area contributed by atoms with Crippen LogP contribution in [0, 0.1) is 0 Å². The molecule has 0 aliphatic rings. The number of benzene rings is 1. The molecule has 3 heteroatoms. The minimum Gasteiger partial charge on any atom is -0.331 e. The van der Waals surface area contributed by atoms with Crippen LogP contribution in [0.3, 0.4) is 0 Å². The van der Waals surface area contributed by atoms with Crippen molar-refractivity contribution in [1.82, 2.24) is 9.55 Å². The molecule has 3 nitrogen and oxygen atoms in total. The van der Waals surface area contributed by atoms with Crippen LogP contribution in [-0.4, -0.2) is 15.8 Å². The van der Waals surface area contributed by atoms with Gasteiger partial charge in [-0.15, -0.1) is 0 Å². The van der Waals surface area contributed by atoms with E-state index < -0.39 is 0 Å². The largest absolute Gasteiger partial charge is 0.331 e. The van der Waals surface area contributed by atoms with Gasteiger partial charge in [0.1, 0.15) is 12.1 Å². The Morgan fingerprint density at radius 3 is 2.81 bits per heavy atom. The summed E-state index contributed by atoms with van der Waals surface area (Å²) >= 11 is 0. The molecular weight excluding hydrogens is 200 g/mol. The summed E-state index contributed by atoms with van der Waals surface area (Å²) < 4.78 is 2.11. The Kier molecular flexibility index (Phi) is 2.77. The lowest BCUT2D eigenvalue weighted by Gasteiger charge is -2.04. The second-order valence-corrected chi connectivity index (χ2v) is 4.38. The number of hydrogen-bond donors (Lipinski definition) is 0. The quantitative estimate of drug-likeness (QED) is 0.739. The number of carbonyl (C=O) groups excluding carboxylic acids is 1. The van der Waals surface area contributed by atoms with Crippen LogP contribution in [0.25, 0.3) is 11.0 Å². The highest BCUT2D eigenvalue weighted by atomic mass is 16.1. The lowest BCUT2D eigenvalue weighted by molar-refractivity contribution is -0.107. The summed E-state index contributed by atoms with van der Waals surface area (Å²) in [5.41, 5.74) is 3.14. The van der Waals surface area contributed by atoms with Crippen LogP contribution < -0.4 is 0 Å². The number of rotatable bonds is 3. The fourth-order valence-corrected chi connectivity index (χ4v) is 1.99. The molecular formula is C13H16N2O. The predicted octanol–water partition coefficient (Wildman–Crippen LogP) is 2.44. The highest BCUT2D eigenvalue weighted by Crippen LogP contribution is 2.21. The zero-order valence-electron chi connectivity index (χ0n) is 9.90. The average molecular weight is 216 g/mol. The van der Waals surface area contributed by atoms with Crippen molar-refractivity contribution in [2.45, 2.75) is 26.2 Å². The Morgan fingerprint density at radius 2 is 2.19 bits per heavy atom. The first-order valence-electron chi connectivity index (χ1n) is 5.52. The fraction of sp³-hybridized carbons (Fsp3) is 0.385. The van der Waals surface area contributed by atoms with Crippen molar-refractivity contribution in [3.8, 4) is 0 Å². The second-order valence-electron chi connectivity index (χ2n) is 4.38. The Labute approximate surface area is 95.1 Å². The summed E-state index contributed by atoms with van der Waals surface area (Å²) in [6, 6.07) is 6.00. The van der Waals surface area contributed by atoms with Crippen molar-refractivity contribution >= 4 is 17.3 Å². The van der Waals surface area contributed by atoms with Gasteiger partial charge in [-0.05, 0) is 17.7 Å². The van der Waals surface area contributed by atoms with Gasteiger partial charge in [0.2, 0.25) is 0 Å². The predicted molar refractivity (Wildman–Crippen MR) is 64.6 cm³/mol. The van der Waals surface area contributed by atoms with Gasteiger partial charge in [0.05, 0.1) is 11.0 Å². The van der Waals surface area contributed by atoms with Crippen molar-refractivity contribution in [3.63, 3.8) is 0 Å². The summed E-state index contributed by atoms with van der Waals surface area (Å²) in [7, 11) is 2.02. The number of aldehydes is 1. The van der Waals surface area contributed by atoms with Gasteiger partial charge in [0.25, 0.3) is 0 Å². The van der Waals surface area contributed by atoms with E-state index in [0.29, 0.717) is 12.3 Å². The minimum absolute atomic E-state index is 0.409. The Hall–Kier alpha value is -1.64. The van der Waals surface area contributed by atoms with Crippen molar-refractivity contribution < 1.29 is 4.79 Å². The molecule has 1 aromatic carbocycles. The number of aryl methyl sites for hydroxylation is 1. The molecule has 0 amide bonds. The summed E-state index contributed by atoms with van der Waals surface area (Å²) in [5.74, 6) is 1.49. The maximum absolute atomic E-state index is 10.5. The van der Waals surface area contributed by atoms with Gasteiger partial charge in [0, 0.05) is 19.4 Å². The molecule has 0 bridgehead atoms. The zero-order chi connectivity index (χ0) is 11.7. The summed E-state index contributed by atoms with van der Waals surface area (Å²) in [6.07, 6.45) is 1.40. The zero-order valence-corrected chi connectivity index (χ0v) is 9.90. The van der Waals surface area contributed by atoms with Crippen LogP contribution in [-0.2, 0) is 18.3 Å². The second kappa shape index (κ2) is 4.08. The number of hydrogen-bond acceptors (Lipinski definition) is 2. The van der Waals surface area contributed by atoms with E-state index in [-0.39, 0.29) is 0 Å². The molecule has 0 spiro atoms. The molecule has 0 N–H and O–H groups in total. The number of aromatic nitrogens is 2. The monoisotopic (exact) mass is 216 g/mol. The molecule has 0 aliphatic carbocycles. The molecule has 1 heterocycles. The van der Waals surface area contributed by atoms with Gasteiger partial charge in [-0.25, -0.2) is 4.98 Å². The topological polar surface area (TPSA) is 34.9 Å². The lowest BCUT2D eigenvalue weighted by Crippen LogP contribution is -1.99. The van der Waals surface area contributed by atoms with E-state index in [9.17, 15) is 4.79 Å². The molecule has 2 aromatic rings. The van der Waals surface area contributed by atoms with Crippen LogP contribution in [0.15, 0.2) is 18.2 Å². The molecule has 84 valence electrons. The molecule has 1 aromatic heterocycles. The Balaban J connectivity index is 2.59. The highest BCUT2D eigenvalue weighted by molar-refractivity contribution is 5.77. The number of fused-ring (bicyclic) bond motifs is 1. The first-order chi connectivity index (χ1) is 7.63. The average Bonchev–Trinajstić information content (AvgIpc) is 2.57. The van der Waals surface area contributed by atoms with Crippen molar-refractivity contribution in [2.75, 3.05) is 0 Å². The van der Waals surface area contributed by atoms with Gasteiger partial charge < -0.3 is 9.36 Å². The van der Waals surface area contributed by atoms with E-state index in [1.165, 1.54) is 0 Å². The minimum atomic E-state index is 0.409. The van der Waals surface area contributed by atoms with Crippen LogP contribution >= 0.6 is 0 Å². The van der Waals surface area contributed by atoms with E-state index >= 15 is 0 Å². The van der Waals surface area contributed by atoms with Gasteiger partial charge in [-0.1, -0.05) is 19.9 Å². The maximum Gasteiger partial charge on any atom is 0.124 e. The molecule has 0 atom stereocenters. The third-order valence-electron chi connectivity index (χ3n) is 2.82. The third kappa shape index (κ3) is 1.73. The first-order valence-corrected chi connectivity index (χ1v) is 5.52. The van der Waals surface area contributed by atoms with E-state index in [4.69, 9.17) is 0 Å². The molecule has 16 heavy (non-hydrogen) atoms. The summed E-state index contributed by atoms with van der Waals surface area (Å²) in [6.45, 7) is 4.26. The van der Waals surface area contributed by atoms with Crippen LogP contribution in [0.1, 0.15) is 31.2 Å². The van der Waals surface area contributed by atoms with Crippen molar-refractivity contribution in [3.05, 3.63) is 29.6 Å². The maximum atomic E-state index is 10.5. The molecule has 0 radical (unpaired) electrons. The van der Waals surface area contributed by atoms with E-state index in [0.717, 1.165) is 28.7 Å². The summed E-state index contributed by atoms with van der Waals surface area (Å²) in [4.78, 5) is 15.1.